The van der Waals surface area contributed by atoms with Gasteiger partial charge in [-0.15, -0.1) is 8.78 Å². The summed E-state index contributed by atoms with van der Waals surface area (Å²) in [5.74, 6) is 0.128. The summed E-state index contributed by atoms with van der Waals surface area (Å²) >= 11 is 0. The minimum atomic E-state index is -3.61. The van der Waals surface area contributed by atoms with Crippen molar-refractivity contribution in [2.24, 2.45) is 0 Å². The summed E-state index contributed by atoms with van der Waals surface area (Å²) in [5, 5.41) is 3.27. The lowest BCUT2D eigenvalue weighted by Crippen LogP contribution is -2.31. The molecule has 5 nitrogen and oxygen atoms in total. The Hall–Kier alpha value is -2.15. The molecular formula is C13H11F2N3O2. The summed E-state index contributed by atoms with van der Waals surface area (Å²) in [6.07, 6.45) is -1.17. The van der Waals surface area contributed by atoms with Crippen molar-refractivity contribution in [2.45, 2.75) is 18.8 Å². The summed E-state index contributed by atoms with van der Waals surface area (Å²) in [4.78, 5) is 7.34. The lowest BCUT2D eigenvalue weighted by atomic mass is 9.97. The smallest absolute Gasteiger partial charge is 0.395 e. The first-order chi connectivity index (χ1) is 9.64. The van der Waals surface area contributed by atoms with Crippen LogP contribution in [0.25, 0.3) is 0 Å². The molecule has 1 atom stereocenters. The van der Waals surface area contributed by atoms with Crippen molar-refractivity contribution in [3.8, 4) is 11.5 Å². The van der Waals surface area contributed by atoms with E-state index < -0.39 is 6.29 Å². The van der Waals surface area contributed by atoms with Gasteiger partial charge in [0, 0.05) is 24.2 Å². The number of fused-ring (bicyclic) bond motifs is 2. The zero-order valence-electron chi connectivity index (χ0n) is 10.3. The monoisotopic (exact) mass is 279 g/mol. The Bertz CT molecular complexity index is 671. The predicted molar refractivity (Wildman–Crippen MR) is 64.8 cm³/mol. The number of H-pyrrole nitrogens is 1. The molecule has 3 heterocycles. The van der Waals surface area contributed by atoms with Gasteiger partial charge in [-0.1, -0.05) is 12.1 Å². The molecule has 1 aromatic carbocycles. The van der Waals surface area contributed by atoms with Crippen LogP contribution in [0.5, 0.6) is 11.5 Å². The third-order valence-corrected chi connectivity index (χ3v) is 3.52. The largest absolute Gasteiger partial charge is 0.586 e. The Morgan fingerprint density at radius 1 is 1.30 bits per heavy atom. The van der Waals surface area contributed by atoms with Crippen LogP contribution in [0.4, 0.5) is 8.78 Å². The SMILES string of the molecule is FC1(F)Oc2cccc([C@@H]3NCCc4[nH]cnc43)c2O1. The van der Waals surface area contributed by atoms with Crippen LogP contribution in [0.3, 0.4) is 0 Å². The van der Waals surface area contributed by atoms with Crippen molar-refractivity contribution < 1.29 is 18.3 Å². The summed E-state index contributed by atoms with van der Waals surface area (Å²) < 4.78 is 35.6. The fourth-order valence-electron chi connectivity index (χ4n) is 2.69. The summed E-state index contributed by atoms with van der Waals surface area (Å²) in [5.41, 5.74) is 2.42. The van der Waals surface area contributed by atoms with E-state index in [-0.39, 0.29) is 17.5 Å². The molecule has 0 bridgehead atoms. The van der Waals surface area contributed by atoms with Gasteiger partial charge in [0.1, 0.15) is 0 Å². The minimum absolute atomic E-state index is 0.0527. The van der Waals surface area contributed by atoms with E-state index in [1.807, 2.05) is 0 Å². The van der Waals surface area contributed by atoms with Gasteiger partial charge >= 0.3 is 6.29 Å². The molecule has 1 aromatic heterocycles. The molecule has 104 valence electrons. The van der Waals surface area contributed by atoms with Crippen LogP contribution in [-0.2, 0) is 6.42 Å². The van der Waals surface area contributed by atoms with Crippen LogP contribution in [0.15, 0.2) is 24.5 Å². The van der Waals surface area contributed by atoms with E-state index in [1.165, 1.54) is 6.07 Å². The van der Waals surface area contributed by atoms with Crippen molar-refractivity contribution in [1.82, 2.24) is 15.3 Å². The highest BCUT2D eigenvalue weighted by Gasteiger charge is 2.45. The first-order valence-electron chi connectivity index (χ1n) is 6.28. The number of halogens is 2. The maximum Gasteiger partial charge on any atom is 0.586 e. The van der Waals surface area contributed by atoms with Gasteiger partial charge in [0.25, 0.3) is 0 Å². The van der Waals surface area contributed by atoms with E-state index in [0.717, 1.165) is 24.4 Å². The Morgan fingerprint density at radius 3 is 3.10 bits per heavy atom. The number of ether oxygens (including phenoxy) is 2. The fourth-order valence-corrected chi connectivity index (χ4v) is 2.69. The molecule has 0 aliphatic carbocycles. The van der Waals surface area contributed by atoms with E-state index in [2.05, 4.69) is 24.8 Å². The molecule has 2 aliphatic rings. The number of nitrogens with zero attached hydrogens (tertiary/aromatic N) is 1. The number of benzene rings is 1. The molecule has 0 unspecified atom stereocenters. The summed E-state index contributed by atoms with van der Waals surface area (Å²) in [6, 6.07) is 4.60. The summed E-state index contributed by atoms with van der Waals surface area (Å²) in [7, 11) is 0. The summed E-state index contributed by atoms with van der Waals surface area (Å²) in [6.45, 7) is 0.737. The van der Waals surface area contributed by atoms with Crippen molar-refractivity contribution in [2.75, 3.05) is 6.54 Å². The fraction of sp³-hybridized carbons (Fsp3) is 0.308. The molecule has 2 aliphatic heterocycles. The van der Waals surface area contributed by atoms with Crippen molar-refractivity contribution in [3.05, 3.63) is 41.5 Å². The molecule has 0 fully saturated rings. The van der Waals surface area contributed by atoms with Crippen molar-refractivity contribution in [3.63, 3.8) is 0 Å². The molecular weight excluding hydrogens is 268 g/mol. The normalized spacial score (nSPS) is 22.6. The number of hydrogen-bond donors (Lipinski definition) is 2. The average Bonchev–Trinajstić information content (AvgIpc) is 2.99. The quantitative estimate of drug-likeness (QED) is 0.838. The average molecular weight is 279 g/mol. The highest BCUT2D eigenvalue weighted by molar-refractivity contribution is 5.52. The molecule has 0 saturated carbocycles. The van der Waals surface area contributed by atoms with Gasteiger partial charge < -0.3 is 19.8 Å². The van der Waals surface area contributed by atoms with Gasteiger partial charge in [-0.2, -0.15) is 0 Å². The molecule has 7 heteroatoms. The van der Waals surface area contributed by atoms with Crippen LogP contribution in [-0.4, -0.2) is 22.8 Å². The van der Waals surface area contributed by atoms with E-state index in [0.29, 0.717) is 5.56 Å². The lowest BCUT2D eigenvalue weighted by Gasteiger charge is -2.24. The van der Waals surface area contributed by atoms with Crippen LogP contribution in [0.2, 0.25) is 0 Å². The van der Waals surface area contributed by atoms with E-state index in [1.54, 1.807) is 18.5 Å². The Morgan fingerprint density at radius 2 is 2.20 bits per heavy atom. The standard InChI is InChI=1S/C13H11F2N3O2/c14-13(15)19-9-3-1-2-7(12(9)20-13)10-11-8(4-5-16-10)17-6-18-11/h1-3,6,10,16H,4-5H2,(H,17,18)/t10-/m0/s1. The van der Waals surface area contributed by atoms with Gasteiger partial charge in [0.2, 0.25) is 0 Å². The second kappa shape index (κ2) is 3.92. The number of hydrogen-bond acceptors (Lipinski definition) is 4. The Kier molecular flexibility index (Phi) is 2.29. The molecule has 0 radical (unpaired) electrons. The van der Waals surface area contributed by atoms with Crippen LogP contribution < -0.4 is 14.8 Å². The maximum atomic E-state index is 13.2. The van der Waals surface area contributed by atoms with Gasteiger partial charge in [0.15, 0.2) is 11.5 Å². The van der Waals surface area contributed by atoms with Gasteiger partial charge in [0.05, 0.1) is 18.1 Å². The third-order valence-electron chi connectivity index (χ3n) is 3.52. The highest BCUT2D eigenvalue weighted by Crippen LogP contribution is 2.46. The number of alkyl halides is 2. The van der Waals surface area contributed by atoms with Crippen molar-refractivity contribution in [1.29, 1.82) is 0 Å². The second-order valence-corrected chi connectivity index (χ2v) is 4.75. The van der Waals surface area contributed by atoms with Gasteiger partial charge in [-0.3, -0.25) is 0 Å². The number of rotatable bonds is 1. The van der Waals surface area contributed by atoms with Crippen molar-refractivity contribution >= 4 is 0 Å². The van der Waals surface area contributed by atoms with Crippen LogP contribution in [0.1, 0.15) is 23.0 Å². The van der Waals surface area contributed by atoms with E-state index in [4.69, 9.17) is 0 Å². The third kappa shape index (κ3) is 1.66. The molecule has 2 N–H and O–H groups in total. The zero-order chi connectivity index (χ0) is 13.7. The molecule has 2 aromatic rings. The molecule has 20 heavy (non-hydrogen) atoms. The zero-order valence-corrected chi connectivity index (χ0v) is 10.3. The van der Waals surface area contributed by atoms with Crippen LogP contribution >= 0.6 is 0 Å². The number of aromatic amines is 1. The van der Waals surface area contributed by atoms with Gasteiger partial charge in [-0.25, -0.2) is 4.98 Å². The maximum absolute atomic E-state index is 13.2. The second-order valence-electron chi connectivity index (χ2n) is 4.75. The van der Waals surface area contributed by atoms with Crippen LogP contribution in [0, 0.1) is 0 Å². The number of para-hydroxylation sites is 1. The topological polar surface area (TPSA) is 59.2 Å². The molecule has 0 spiro atoms. The molecule has 0 amide bonds. The Balaban J connectivity index is 1.81. The number of aromatic nitrogens is 2. The number of nitrogens with one attached hydrogen (secondary N) is 2. The minimum Gasteiger partial charge on any atom is -0.395 e. The predicted octanol–water partition coefficient (Wildman–Crippen LogP) is 1.97. The van der Waals surface area contributed by atoms with Gasteiger partial charge in [-0.05, 0) is 6.07 Å². The lowest BCUT2D eigenvalue weighted by molar-refractivity contribution is -0.287. The molecule has 4 rings (SSSR count). The molecule has 0 saturated heterocycles. The van der Waals surface area contributed by atoms with E-state index >= 15 is 0 Å². The first kappa shape index (κ1) is 11.7. The van der Waals surface area contributed by atoms with E-state index in [9.17, 15) is 8.78 Å². The highest BCUT2D eigenvalue weighted by atomic mass is 19.3. The first-order valence-corrected chi connectivity index (χ1v) is 6.28. The number of imidazole rings is 1. The Labute approximate surface area is 112 Å².